The summed E-state index contributed by atoms with van der Waals surface area (Å²) in [5, 5.41) is 2.12. The minimum absolute atomic E-state index is 0.189. The molecule has 0 aliphatic carbocycles. The molecule has 0 bridgehead atoms. The smallest absolute Gasteiger partial charge is 0.313 e. The van der Waals surface area contributed by atoms with Gasteiger partial charge >= 0.3 is 5.97 Å². The van der Waals surface area contributed by atoms with Crippen molar-refractivity contribution in [3.8, 4) is 5.75 Å². The Bertz CT molecular complexity index is 590. The van der Waals surface area contributed by atoms with Gasteiger partial charge < -0.3 is 9.47 Å². The molecule has 0 N–H and O–H groups in total. The van der Waals surface area contributed by atoms with Gasteiger partial charge in [-0.15, -0.1) is 0 Å². The molecule has 0 amide bonds. The van der Waals surface area contributed by atoms with Crippen LogP contribution in [0.2, 0.25) is 0 Å². The van der Waals surface area contributed by atoms with E-state index >= 15 is 0 Å². The second-order valence-electron chi connectivity index (χ2n) is 4.41. The summed E-state index contributed by atoms with van der Waals surface area (Å²) in [7, 11) is 1.65. The minimum atomic E-state index is -0.267. The molecule has 0 spiro atoms. The number of hydrogen-bond acceptors (Lipinski definition) is 3. The Morgan fingerprint density at radius 3 is 2.74 bits per heavy atom. The summed E-state index contributed by atoms with van der Waals surface area (Å²) in [6.45, 7) is 4.09. The highest BCUT2D eigenvalue weighted by Crippen LogP contribution is 2.29. The fourth-order valence-corrected chi connectivity index (χ4v) is 2.19. The monoisotopic (exact) mass is 258 g/mol. The zero-order valence-electron chi connectivity index (χ0n) is 11.5. The highest BCUT2D eigenvalue weighted by Gasteiger charge is 2.18. The summed E-state index contributed by atoms with van der Waals surface area (Å²) in [6, 6.07) is 11.8. The van der Waals surface area contributed by atoms with Crippen LogP contribution in [0.1, 0.15) is 25.3 Å². The van der Waals surface area contributed by atoms with Crippen molar-refractivity contribution in [3.63, 3.8) is 0 Å². The molecular weight excluding hydrogens is 240 g/mol. The maximum Gasteiger partial charge on any atom is 0.313 e. The van der Waals surface area contributed by atoms with Crippen LogP contribution in [0.4, 0.5) is 0 Å². The Labute approximate surface area is 113 Å². The molecule has 0 heterocycles. The molecule has 0 aromatic heterocycles. The van der Waals surface area contributed by atoms with Gasteiger partial charge in [0.15, 0.2) is 0 Å². The molecule has 2 aromatic rings. The molecule has 0 saturated heterocycles. The summed E-state index contributed by atoms with van der Waals surface area (Å²) in [4.78, 5) is 11.9. The normalized spacial score (nSPS) is 12.2. The zero-order valence-corrected chi connectivity index (χ0v) is 11.5. The van der Waals surface area contributed by atoms with E-state index in [9.17, 15) is 4.79 Å². The van der Waals surface area contributed by atoms with E-state index in [1.165, 1.54) is 0 Å². The van der Waals surface area contributed by atoms with E-state index in [0.717, 1.165) is 22.1 Å². The summed E-state index contributed by atoms with van der Waals surface area (Å²) >= 11 is 0. The van der Waals surface area contributed by atoms with Gasteiger partial charge in [-0.25, -0.2) is 0 Å². The number of carbonyl (C=O) groups excluding carboxylic acids is 1. The van der Waals surface area contributed by atoms with Gasteiger partial charge in [-0.3, -0.25) is 4.79 Å². The predicted octanol–water partition coefficient (Wildman–Crippen LogP) is 3.52. The minimum Gasteiger partial charge on any atom is -0.497 e. The van der Waals surface area contributed by atoms with Crippen LogP contribution in [0.3, 0.4) is 0 Å². The molecule has 0 saturated carbocycles. The zero-order chi connectivity index (χ0) is 13.8. The van der Waals surface area contributed by atoms with Gasteiger partial charge in [-0.1, -0.05) is 24.3 Å². The molecule has 2 rings (SSSR count). The van der Waals surface area contributed by atoms with Crippen molar-refractivity contribution in [1.29, 1.82) is 0 Å². The third kappa shape index (κ3) is 2.70. The fourth-order valence-electron chi connectivity index (χ4n) is 2.19. The molecule has 0 aliphatic heterocycles. The molecule has 100 valence electrons. The molecule has 0 fully saturated rings. The Morgan fingerprint density at radius 2 is 2.05 bits per heavy atom. The summed E-state index contributed by atoms with van der Waals surface area (Å²) in [6.07, 6.45) is 0. The van der Waals surface area contributed by atoms with E-state index in [-0.39, 0.29) is 11.9 Å². The molecule has 3 nitrogen and oxygen atoms in total. The first-order valence-corrected chi connectivity index (χ1v) is 6.40. The molecule has 1 atom stereocenters. The Morgan fingerprint density at radius 1 is 1.26 bits per heavy atom. The number of rotatable bonds is 4. The third-order valence-corrected chi connectivity index (χ3v) is 3.23. The van der Waals surface area contributed by atoms with Crippen molar-refractivity contribution in [3.05, 3.63) is 42.0 Å². The third-order valence-electron chi connectivity index (χ3n) is 3.23. The van der Waals surface area contributed by atoms with Gasteiger partial charge in [0.05, 0.1) is 19.6 Å². The fraction of sp³-hybridized carbons (Fsp3) is 0.312. The highest BCUT2D eigenvalue weighted by atomic mass is 16.5. The van der Waals surface area contributed by atoms with Crippen molar-refractivity contribution in [2.75, 3.05) is 13.7 Å². The maximum atomic E-state index is 11.9. The number of esters is 1. The second-order valence-corrected chi connectivity index (χ2v) is 4.41. The van der Waals surface area contributed by atoms with E-state index in [1.807, 2.05) is 50.2 Å². The van der Waals surface area contributed by atoms with Gasteiger partial charge in [0, 0.05) is 0 Å². The van der Waals surface area contributed by atoms with E-state index < -0.39 is 0 Å². The van der Waals surface area contributed by atoms with Crippen LogP contribution in [0.25, 0.3) is 10.8 Å². The lowest BCUT2D eigenvalue weighted by Crippen LogP contribution is -2.13. The van der Waals surface area contributed by atoms with Crippen molar-refractivity contribution >= 4 is 16.7 Å². The Balaban J connectivity index is 2.46. The van der Waals surface area contributed by atoms with E-state index in [1.54, 1.807) is 7.11 Å². The molecule has 3 heteroatoms. The van der Waals surface area contributed by atoms with Crippen LogP contribution in [0.15, 0.2) is 36.4 Å². The van der Waals surface area contributed by atoms with E-state index in [2.05, 4.69) is 0 Å². The molecular formula is C16H18O3. The molecule has 0 aliphatic rings. The standard InChI is InChI=1S/C16H18O3/c1-4-19-16(17)11(2)14-7-5-6-12-10-13(18-3)8-9-15(12)14/h5-11H,4H2,1-3H3. The lowest BCUT2D eigenvalue weighted by Gasteiger charge is -2.14. The average molecular weight is 258 g/mol. The highest BCUT2D eigenvalue weighted by molar-refractivity contribution is 5.91. The van der Waals surface area contributed by atoms with Gasteiger partial charge in [-0.05, 0) is 42.3 Å². The van der Waals surface area contributed by atoms with Gasteiger partial charge in [0.2, 0.25) is 0 Å². The number of methoxy groups -OCH3 is 1. The van der Waals surface area contributed by atoms with Crippen molar-refractivity contribution in [2.24, 2.45) is 0 Å². The van der Waals surface area contributed by atoms with Crippen molar-refractivity contribution < 1.29 is 14.3 Å². The van der Waals surface area contributed by atoms with E-state index in [4.69, 9.17) is 9.47 Å². The SMILES string of the molecule is CCOC(=O)C(C)c1cccc2cc(OC)ccc12. The van der Waals surface area contributed by atoms with Crippen LogP contribution in [0, 0.1) is 0 Å². The maximum absolute atomic E-state index is 11.9. The molecule has 2 aromatic carbocycles. The average Bonchev–Trinajstić information content (AvgIpc) is 2.45. The second kappa shape index (κ2) is 5.74. The quantitative estimate of drug-likeness (QED) is 0.787. The lowest BCUT2D eigenvalue weighted by molar-refractivity contribution is -0.144. The first kappa shape index (κ1) is 13.4. The summed E-state index contributed by atoms with van der Waals surface area (Å²) < 4.78 is 10.3. The lowest BCUT2D eigenvalue weighted by atomic mass is 9.95. The molecule has 19 heavy (non-hydrogen) atoms. The summed E-state index contributed by atoms with van der Waals surface area (Å²) in [5.41, 5.74) is 0.985. The first-order chi connectivity index (χ1) is 9.17. The van der Waals surface area contributed by atoms with E-state index in [0.29, 0.717) is 6.61 Å². The molecule has 1 unspecified atom stereocenters. The summed E-state index contributed by atoms with van der Waals surface area (Å²) in [5.74, 6) is 0.358. The van der Waals surface area contributed by atoms with Gasteiger partial charge in [0.25, 0.3) is 0 Å². The van der Waals surface area contributed by atoms with Crippen LogP contribution < -0.4 is 4.74 Å². The number of fused-ring (bicyclic) bond motifs is 1. The van der Waals surface area contributed by atoms with Crippen LogP contribution >= 0.6 is 0 Å². The van der Waals surface area contributed by atoms with Gasteiger partial charge in [-0.2, -0.15) is 0 Å². The predicted molar refractivity (Wildman–Crippen MR) is 75.5 cm³/mol. The van der Waals surface area contributed by atoms with Gasteiger partial charge in [0.1, 0.15) is 5.75 Å². The topological polar surface area (TPSA) is 35.5 Å². The Kier molecular flexibility index (Phi) is 4.05. The van der Waals surface area contributed by atoms with Crippen LogP contribution in [-0.2, 0) is 9.53 Å². The Hall–Kier alpha value is -2.03. The van der Waals surface area contributed by atoms with Crippen molar-refractivity contribution in [2.45, 2.75) is 19.8 Å². The largest absolute Gasteiger partial charge is 0.497 e. The van der Waals surface area contributed by atoms with Crippen molar-refractivity contribution in [1.82, 2.24) is 0 Å². The number of ether oxygens (including phenoxy) is 2. The van der Waals surface area contributed by atoms with Crippen LogP contribution in [-0.4, -0.2) is 19.7 Å². The first-order valence-electron chi connectivity index (χ1n) is 6.40. The number of carbonyl (C=O) groups is 1. The molecule has 0 radical (unpaired) electrons. The van der Waals surface area contributed by atoms with Crippen LogP contribution in [0.5, 0.6) is 5.75 Å². The number of benzene rings is 2. The number of hydrogen-bond donors (Lipinski definition) is 0.